The van der Waals surface area contributed by atoms with Gasteiger partial charge in [-0.3, -0.25) is 0 Å². The van der Waals surface area contributed by atoms with Crippen molar-refractivity contribution in [2.45, 2.75) is 19.4 Å². The quantitative estimate of drug-likeness (QED) is 0.564. The minimum Gasteiger partial charge on any atom is -0.383 e. The molecule has 3 heterocycles. The second kappa shape index (κ2) is 8.84. The van der Waals surface area contributed by atoms with E-state index in [1.54, 1.807) is 6.20 Å². The minimum absolute atomic E-state index is 0.491. The smallest absolute Gasteiger partial charge is 0.131 e. The Morgan fingerprint density at radius 2 is 1.93 bits per heavy atom. The molecule has 1 aliphatic rings. The fourth-order valence-corrected chi connectivity index (χ4v) is 3.95. The molecule has 4 rings (SSSR count). The zero-order valence-electron chi connectivity index (χ0n) is 16.7. The molecule has 152 valence electrons. The van der Waals surface area contributed by atoms with Crippen LogP contribution in [0.3, 0.4) is 0 Å². The summed E-state index contributed by atoms with van der Waals surface area (Å²) in [7, 11) is 2.19. The molecule has 6 nitrogen and oxygen atoms in total. The summed E-state index contributed by atoms with van der Waals surface area (Å²) in [5.74, 6) is 2.15. The number of nitrogens with zero attached hydrogens (tertiary/aromatic N) is 3. The molecule has 1 aromatic carbocycles. The number of nitrogens with two attached hydrogens (primary N) is 1. The molecule has 1 saturated heterocycles. The molecule has 0 unspecified atom stereocenters. The highest BCUT2D eigenvalue weighted by atomic mass is 35.5. The molecule has 0 radical (unpaired) electrons. The standard InChI is InChI=1S/C22H27ClN6/c1-29-8-5-15(6-9-29)12-27-21-10-16(4-7-25-21)13-26-17-2-3-18-19(11-17)20(23)14-28-22(18)24/h2-4,7,10-11,14-15,26H,5-6,8-9,12-13H2,1H3,(H2,24,28)(H,25,27). The minimum atomic E-state index is 0.491. The van der Waals surface area contributed by atoms with Crippen molar-refractivity contribution < 1.29 is 0 Å². The molecule has 0 aliphatic carbocycles. The molecule has 7 heteroatoms. The molecule has 0 bridgehead atoms. The molecular formula is C22H27ClN6. The highest BCUT2D eigenvalue weighted by Gasteiger charge is 2.16. The van der Waals surface area contributed by atoms with Gasteiger partial charge in [0.15, 0.2) is 0 Å². The molecule has 29 heavy (non-hydrogen) atoms. The van der Waals surface area contributed by atoms with Crippen LogP contribution in [0.2, 0.25) is 5.02 Å². The van der Waals surface area contributed by atoms with Gasteiger partial charge in [0.25, 0.3) is 0 Å². The van der Waals surface area contributed by atoms with Crippen LogP contribution in [0, 0.1) is 5.92 Å². The van der Waals surface area contributed by atoms with Crippen LogP contribution >= 0.6 is 11.6 Å². The van der Waals surface area contributed by atoms with E-state index >= 15 is 0 Å². The highest BCUT2D eigenvalue weighted by Crippen LogP contribution is 2.29. The Bertz CT molecular complexity index is 984. The van der Waals surface area contributed by atoms with Gasteiger partial charge >= 0.3 is 0 Å². The summed E-state index contributed by atoms with van der Waals surface area (Å²) in [5, 5.41) is 9.34. The summed E-state index contributed by atoms with van der Waals surface area (Å²) in [5.41, 5.74) is 8.10. The van der Waals surface area contributed by atoms with Crippen molar-refractivity contribution in [3.63, 3.8) is 0 Å². The van der Waals surface area contributed by atoms with Crippen molar-refractivity contribution >= 4 is 39.7 Å². The molecule has 2 aromatic heterocycles. The summed E-state index contributed by atoms with van der Waals surface area (Å²) < 4.78 is 0. The van der Waals surface area contributed by atoms with E-state index in [-0.39, 0.29) is 0 Å². The van der Waals surface area contributed by atoms with E-state index in [1.165, 1.54) is 31.5 Å². The number of anilines is 3. The Kier molecular flexibility index (Phi) is 6.02. The first-order chi connectivity index (χ1) is 14.1. The van der Waals surface area contributed by atoms with Gasteiger partial charge in [0.05, 0.1) is 5.02 Å². The van der Waals surface area contributed by atoms with Crippen molar-refractivity contribution in [3.05, 3.63) is 53.3 Å². The van der Waals surface area contributed by atoms with E-state index < -0.39 is 0 Å². The topological polar surface area (TPSA) is 79.1 Å². The summed E-state index contributed by atoms with van der Waals surface area (Å²) in [4.78, 5) is 11.0. The van der Waals surface area contributed by atoms with Gasteiger partial charge in [0.2, 0.25) is 0 Å². The molecule has 0 spiro atoms. The predicted molar refractivity (Wildman–Crippen MR) is 121 cm³/mol. The van der Waals surface area contributed by atoms with E-state index in [1.807, 2.05) is 30.5 Å². The van der Waals surface area contributed by atoms with Crippen molar-refractivity contribution in [2.24, 2.45) is 5.92 Å². The van der Waals surface area contributed by atoms with Crippen LogP contribution in [0.15, 0.2) is 42.7 Å². The molecule has 0 saturated carbocycles. The lowest BCUT2D eigenvalue weighted by Gasteiger charge is -2.29. The average molecular weight is 411 g/mol. The summed E-state index contributed by atoms with van der Waals surface area (Å²) in [6, 6.07) is 10.1. The number of pyridine rings is 2. The van der Waals surface area contributed by atoms with Crippen molar-refractivity contribution in [2.75, 3.05) is 43.0 Å². The number of halogens is 1. The van der Waals surface area contributed by atoms with Gasteiger partial charge in [0, 0.05) is 41.9 Å². The Balaban J connectivity index is 1.37. The van der Waals surface area contributed by atoms with Gasteiger partial charge in [0.1, 0.15) is 11.6 Å². The number of hydrogen-bond acceptors (Lipinski definition) is 6. The fraction of sp³-hybridized carbons (Fsp3) is 0.364. The van der Waals surface area contributed by atoms with Crippen LogP contribution < -0.4 is 16.4 Å². The number of nitrogen functional groups attached to an aromatic ring is 1. The van der Waals surface area contributed by atoms with Gasteiger partial charge in [-0.15, -0.1) is 0 Å². The summed E-state index contributed by atoms with van der Waals surface area (Å²) in [6.07, 6.45) is 5.94. The third kappa shape index (κ3) is 4.89. The van der Waals surface area contributed by atoms with Crippen LogP contribution in [0.1, 0.15) is 18.4 Å². The Labute approximate surface area is 176 Å². The Hall–Kier alpha value is -2.57. The van der Waals surface area contributed by atoms with E-state index in [9.17, 15) is 0 Å². The van der Waals surface area contributed by atoms with E-state index in [2.05, 4.69) is 38.6 Å². The number of piperidine rings is 1. The van der Waals surface area contributed by atoms with E-state index in [4.69, 9.17) is 17.3 Å². The monoisotopic (exact) mass is 410 g/mol. The number of fused-ring (bicyclic) bond motifs is 1. The number of benzene rings is 1. The maximum Gasteiger partial charge on any atom is 0.131 e. The van der Waals surface area contributed by atoms with Gasteiger partial charge < -0.3 is 21.3 Å². The molecule has 1 fully saturated rings. The van der Waals surface area contributed by atoms with Crippen LogP contribution in [-0.4, -0.2) is 41.5 Å². The second-order valence-electron chi connectivity index (χ2n) is 7.78. The predicted octanol–water partition coefficient (Wildman–Crippen LogP) is 4.23. The number of likely N-dealkylation sites (tertiary alicyclic amines) is 1. The first-order valence-electron chi connectivity index (χ1n) is 10.0. The molecular weight excluding hydrogens is 384 g/mol. The van der Waals surface area contributed by atoms with Crippen LogP contribution in [0.25, 0.3) is 10.8 Å². The maximum atomic E-state index is 6.28. The number of nitrogens with one attached hydrogen (secondary N) is 2. The van der Waals surface area contributed by atoms with Gasteiger partial charge in [-0.1, -0.05) is 11.6 Å². The lowest BCUT2D eigenvalue weighted by molar-refractivity contribution is 0.226. The third-order valence-electron chi connectivity index (χ3n) is 5.60. The lowest BCUT2D eigenvalue weighted by atomic mass is 9.97. The molecule has 1 aliphatic heterocycles. The SMILES string of the molecule is CN1CCC(CNc2cc(CNc3ccc4c(N)ncc(Cl)c4c3)ccn2)CC1. The number of aromatic nitrogens is 2. The molecule has 4 N–H and O–H groups in total. The van der Waals surface area contributed by atoms with Crippen LogP contribution in [0.5, 0.6) is 0 Å². The third-order valence-corrected chi connectivity index (χ3v) is 5.90. The summed E-state index contributed by atoms with van der Waals surface area (Å²) >= 11 is 6.28. The Morgan fingerprint density at radius 1 is 1.10 bits per heavy atom. The maximum absolute atomic E-state index is 6.28. The largest absolute Gasteiger partial charge is 0.383 e. The fourth-order valence-electron chi connectivity index (χ4n) is 3.74. The van der Waals surface area contributed by atoms with E-state index in [0.717, 1.165) is 34.7 Å². The average Bonchev–Trinajstić information content (AvgIpc) is 2.75. The second-order valence-corrected chi connectivity index (χ2v) is 8.19. The van der Waals surface area contributed by atoms with Gasteiger partial charge in [-0.2, -0.15) is 0 Å². The van der Waals surface area contributed by atoms with Crippen molar-refractivity contribution in [3.8, 4) is 0 Å². The van der Waals surface area contributed by atoms with Gasteiger partial charge in [-0.25, -0.2) is 9.97 Å². The molecule has 0 atom stereocenters. The van der Waals surface area contributed by atoms with E-state index in [0.29, 0.717) is 17.4 Å². The summed E-state index contributed by atoms with van der Waals surface area (Å²) in [6.45, 7) is 4.05. The Morgan fingerprint density at radius 3 is 2.76 bits per heavy atom. The highest BCUT2D eigenvalue weighted by molar-refractivity contribution is 6.35. The first-order valence-corrected chi connectivity index (χ1v) is 10.4. The zero-order chi connectivity index (χ0) is 20.2. The van der Waals surface area contributed by atoms with Crippen LogP contribution in [-0.2, 0) is 6.54 Å². The molecule has 3 aromatic rings. The first kappa shape index (κ1) is 19.7. The normalized spacial score (nSPS) is 15.5. The van der Waals surface area contributed by atoms with Crippen LogP contribution in [0.4, 0.5) is 17.3 Å². The zero-order valence-corrected chi connectivity index (χ0v) is 17.4. The number of hydrogen-bond donors (Lipinski definition) is 3. The lowest BCUT2D eigenvalue weighted by Crippen LogP contribution is -2.33. The molecule has 0 amide bonds. The number of rotatable bonds is 6. The van der Waals surface area contributed by atoms with Crippen molar-refractivity contribution in [1.29, 1.82) is 0 Å². The van der Waals surface area contributed by atoms with Gasteiger partial charge in [-0.05, 0) is 74.8 Å². The van der Waals surface area contributed by atoms with Crippen molar-refractivity contribution in [1.82, 2.24) is 14.9 Å².